The molecule has 0 atom stereocenters. The highest BCUT2D eigenvalue weighted by Crippen LogP contribution is 2.26. The minimum absolute atomic E-state index is 0.0220. The van der Waals surface area contributed by atoms with Gasteiger partial charge in [-0.05, 0) is 37.1 Å². The average Bonchev–Trinajstić information content (AvgIpc) is 2.94. The van der Waals surface area contributed by atoms with Crippen LogP contribution in [-0.4, -0.2) is 37.1 Å². The van der Waals surface area contributed by atoms with Gasteiger partial charge in [0.05, 0.1) is 37.3 Å². The molecule has 1 heterocycles. The average molecular weight is 515 g/mol. The molecule has 0 radical (unpaired) electrons. The molecule has 0 aliphatic heterocycles. The van der Waals surface area contributed by atoms with Crippen LogP contribution in [0.25, 0.3) is 10.9 Å². The highest BCUT2D eigenvalue weighted by molar-refractivity contribution is 6.10. The van der Waals surface area contributed by atoms with Crippen LogP contribution in [0.5, 0.6) is 17.2 Å². The van der Waals surface area contributed by atoms with Gasteiger partial charge in [0.1, 0.15) is 23.8 Å². The Bertz CT molecular complexity index is 1520. The number of hydrogen-bond acceptors (Lipinski definition) is 6. The lowest BCUT2D eigenvalue weighted by Crippen LogP contribution is -2.24. The molecule has 4 rings (SSSR count). The standard InChI is InChI=1S/C30H30N2O6/c1-5-19-7-9-20(10-8-19)29(34)26-17-32(27-12-11-22(38-6-2)16-25(27)30(26)35)18-28(33)31-21-13-23(36-3)15-24(14-21)37-4/h7-17H,5-6,18H2,1-4H3,(H,31,33). The van der Waals surface area contributed by atoms with E-state index in [9.17, 15) is 14.4 Å². The summed E-state index contributed by atoms with van der Waals surface area (Å²) in [6, 6.07) is 17.3. The summed E-state index contributed by atoms with van der Waals surface area (Å²) in [6.45, 7) is 4.16. The molecule has 0 saturated carbocycles. The second kappa shape index (κ2) is 11.6. The molecule has 0 spiro atoms. The molecule has 0 aliphatic carbocycles. The number of hydrogen-bond donors (Lipinski definition) is 1. The van der Waals surface area contributed by atoms with E-state index in [0.29, 0.717) is 46.0 Å². The lowest BCUT2D eigenvalue weighted by Gasteiger charge is -2.15. The van der Waals surface area contributed by atoms with E-state index in [4.69, 9.17) is 14.2 Å². The fourth-order valence-corrected chi connectivity index (χ4v) is 4.21. The van der Waals surface area contributed by atoms with Crippen molar-refractivity contribution in [2.24, 2.45) is 0 Å². The Morgan fingerprint density at radius 1 is 0.868 bits per heavy atom. The molecule has 38 heavy (non-hydrogen) atoms. The number of pyridine rings is 1. The molecule has 0 bridgehead atoms. The van der Waals surface area contributed by atoms with Crippen molar-refractivity contribution in [2.45, 2.75) is 26.8 Å². The monoisotopic (exact) mass is 514 g/mol. The number of ether oxygens (including phenoxy) is 3. The third-order valence-electron chi connectivity index (χ3n) is 6.18. The second-order valence-corrected chi connectivity index (χ2v) is 8.64. The van der Waals surface area contributed by atoms with Crippen molar-refractivity contribution in [2.75, 3.05) is 26.1 Å². The first-order chi connectivity index (χ1) is 18.4. The molecule has 8 heteroatoms. The quantitative estimate of drug-likeness (QED) is 0.304. The summed E-state index contributed by atoms with van der Waals surface area (Å²) in [5.41, 5.74) is 2.05. The predicted octanol–water partition coefficient (Wildman–Crippen LogP) is 4.85. The molecule has 1 N–H and O–H groups in total. The molecule has 0 saturated heterocycles. The third kappa shape index (κ3) is 5.70. The lowest BCUT2D eigenvalue weighted by molar-refractivity contribution is -0.116. The molecule has 1 aromatic heterocycles. The van der Waals surface area contributed by atoms with Gasteiger partial charge in [0, 0.05) is 35.6 Å². The zero-order chi connectivity index (χ0) is 27.2. The van der Waals surface area contributed by atoms with E-state index in [2.05, 4.69) is 5.32 Å². The zero-order valence-corrected chi connectivity index (χ0v) is 21.9. The number of aromatic nitrogens is 1. The summed E-state index contributed by atoms with van der Waals surface area (Å²) in [4.78, 5) is 40.0. The smallest absolute Gasteiger partial charge is 0.244 e. The number of aryl methyl sites for hydroxylation is 1. The van der Waals surface area contributed by atoms with Gasteiger partial charge in [0.2, 0.25) is 11.3 Å². The van der Waals surface area contributed by atoms with Gasteiger partial charge in [-0.3, -0.25) is 14.4 Å². The lowest BCUT2D eigenvalue weighted by atomic mass is 10.0. The molecular formula is C30H30N2O6. The first-order valence-corrected chi connectivity index (χ1v) is 12.3. The fourth-order valence-electron chi connectivity index (χ4n) is 4.21. The fraction of sp³-hybridized carbons (Fsp3) is 0.233. The maximum atomic E-state index is 13.5. The molecule has 1 amide bonds. The van der Waals surface area contributed by atoms with Gasteiger partial charge < -0.3 is 24.1 Å². The SMILES string of the molecule is CCOc1ccc2c(c1)c(=O)c(C(=O)c1ccc(CC)cc1)cn2CC(=O)Nc1cc(OC)cc(OC)c1. The maximum absolute atomic E-state index is 13.5. The van der Waals surface area contributed by atoms with Gasteiger partial charge in [0.15, 0.2) is 5.78 Å². The number of methoxy groups -OCH3 is 2. The Morgan fingerprint density at radius 3 is 2.16 bits per heavy atom. The van der Waals surface area contributed by atoms with Crippen LogP contribution in [-0.2, 0) is 17.8 Å². The van der Waals surface area contributed by atoms with Gasteiger partial charge >= 0.3 is 0 Å². The van der Waals surface area contributed by atoms with E-state index in [1.807, 2.05) is 26.0 Å². The van der Waals surface area contributed by atoms with Gasteiger partial charge in [-0.15, -0.1) is 0 Å². The van der Waals surface area contributed by atoms with E-state index >= 15 is 0 Å². The molecule has 0 unspecified atom stereocenters. The summed E-state index contributed by atoms with van der Waals surface area (Å²) < 4.78 is 17.7. The van der Waals surface area contributed by atoms with E-state index in [1.165, 1.54) is 20.4 Å². The number of rotatable bonds is 10. The maximum Gasteiger partial charge on any atom is 0.244 e. The van der Waals surface area contributed by atoms with Crippen molar-refractivity contribution < 1.29 is 23.8 Å². The van der Waals surface area contributed by atoms with Gasteiger partial charge in [-0.25, -0.2) is 0 Å². The van der Waals surface area contributed by atoms with Crippen molar-refractivity contribution in [3.8, 4) is 17.2 Å². The van der Waals surface area contributed by atoms with E-state index < -0.39 is 11.2 Å². The first kappa shape index (κ1) is 26.5. The Labute approximate surface area is 220 Å². The molecular weight excluding hydrogens is 484 g/mol. The number of nitrogens with one attached hydrogen (secondary N) is 1. The third-order valence-corrected chi connectivity index (χ3v) is 6.18. The number of carbonyl (C=O) groups excluding carboxylic acids is 2. The van der Waals surface area contributed by atoms with Crippen LogP contribution in [0.1, 0.15) is 35.3 Å². The molecule has 4 aromatic rings. The summed E-state index contributed by atoms with van der Waals surface area (Å²) in [5.74, 6) is 0.796. The highest BCUT2D eigenvalue weighted by Gasteiger charge is 2.19. The number of anilines is 1. The number of amides is 1. The predicted molar refractivity (Wildman–Crippen MR) is 147 cm³/mol. The number of ketones is 1. The second-order valence-electron chi connectivity index (χ2n) is 8.64. The highest BCUT2D eigenvalue weighted by atomic mass is 16.5. The van der Waals surface area contributed by atoms with Crippen LogP contribution in [0.4, 0.5) is 5.69 Å². The van der Waals surface area contributed by atoms with Gasteiger partial charge in [-0.2, -0.15) is 0 Å². The molecule has 3 aromatic carbocycles. The van der Waals surface area contributed by atoms with Gasteiger partial charge in [-0.1, -0.05) is 31.2 Å². The summed E-state index contributed by atoms with van der Waals surface area (Å²) in [7, 11) is 3.05. The van der Waals surface area contributed by atoms with Crippen molar-refractivity contribution in [3.63, 3.8) is 0 Å². The van der Waals surface area contributed by atoms with Crippen LogP contribution in [0, 0.1) is 0 Å². The summed E-state index contributed by atoms with van der Waals surface area (Å²) in [6.07, 6.45) is 2.29. The van der Waals surface area contributed by atoms with Crippen molar-refractivity contribution >= 4 is 28.3 Å². The summed E-state index contributed by atoms with van der Waals surface area (Å²) >= 11 is 0. The Hall–Kier alpha value is -4.59. The molecule has 0 fully saturated rings. The number of benzene rings is 3. The normalized spacial score (nSPS) is 10.7. The minimum atomic E-state index is -0.416. The number of fused-ring (bicyclic) bond motifs is 1. The largest absolute Gasteiger partial charge is 0.497 e. The Balaban J connectivity index is 1.75. The minimum Gasteiger partial charge on any atom is -0.497 e. The van der Waals surface area contributed by atoms with Crippen molar-refractivity contribution in [1.29, 1.82) is 0 Å². The van der Waals surface area contributed by atoms with E-state index in [1.54, 1.807) is 53.1 Å². The van der Waals surface area contributed by atoms with Crippen LogP contribution in [0.15, 0.2) is 71.7 Å². The van der Waals surface area contributed by atoms with Crippen LogP contribution < -0.4 is 25.0 Å². The van der Waals surface area contributed by atoms with Crippen molar-refractivity contribution in [3.05, 3.63) is 93.8 Å². The van der Waals surface area contributed by atoms with E-state index in [-0.39, 0.29) is 18.0 Å². The van der Waals surface area contributed by atoms with Crippen LogP contribution in [0.3, 0.4) is 0 Å². The number of carbonyl (C=O) groups is 2. The molecule has 0 aliphatic rings. The zero-order valence-electron chi connectivity index (χ0n) is 21.9. The topological polar surface area (TPSA) is 95.9 Å². The first-order valence-electron chi connectivity index (χ1n) is 12.3. The van der Waals surface area contributed by atoms with Crippen LogP contribution >= 0.6 is 0 Å². The van der Waals surface area contributed by atoms with E-state index in [0.717, 1.165) is 12.0 Å². The Morgan fingerprint density at radius 2 is 1.55 bits per heavy atom. The molecule has 8 nitrogen and oxygen atoms in total. The Kier molecular flexibility index (Phi) is 8.11. The molecule has 196 valence electrons. The summed E-state index contributed by atoms with van der Waals surface area (Å²) in [5, 5.41) is 3.13. The van der Waals surface area contributed by atoms with Crippen molar-refractivity contribution in [1.82, 2.24) is 4.57 Å². The van der Waals surface area contributed by atoms with Crippen LogP contribution in [0.2, 0.25) is 0 Å². The number of nitrogens with zero attached hydrogens (tertiary/aromatic N) is 1. The van der Waals surface area contributed by atoms with Gasteiger partial charge in [0.25, 0.3) is 0 Å².